The summed E-state index contributed by atoms with van der Waals surface area (Å²) in [6.07, 6.45) is 0. The van der Waals surface area contributed by atoms with Crippen LogP contribution in [0.2, 0.25) is 0 Å². The Labute approximate surface area is 87.2 Å². The van der Waals surface area contributed by atoms with Crippen molar-refractivity contribution in [2.45, 2.75) is 19.7 Å². The number of hydrogen-bond donors (Lipinski definition) is 0. The van der Waals surface area contributed by atoms with Crippen molar-refractivity contribution in [3.63, 3.8) is 0 Å². The summed E-state index contributed by atoms with van der Waals surface area (Å²) in [5, 5.41) is 1.33. The molecule has 1 aromatic heterocycles. The summed E-state index contributed by atoms with van der Waals surface area (Å²) in [6.45, 7) is 4.25. The molecule has 0 atom stereocenters. The summed E-state index contributed by atoms with van der Waals surface area (Å²) in [6, 6.07) is 6.55. The second-order valence-electron chi connectivity index (χ2n) is 3.26. The van der Waals surface area contributed by atoms with E-state index in [1.165, 1.54) is 26.1 Å². The van der Waals surface area contributed by atoms with Gasteiger partial charge in [-0.15, -0.1) is 22.9 Å². The van der Waals surface area contributed by atoms with Gasteiger partial charge in [-0.1, -0.05) is 6.07 Å². The minimum absolute atomic E-state index is 0.610. The molecule has 68 valence electrons. The Balaban J connectivity index is 2.82. The van der Waals surface area contributed by atoms with Gasteiger partial charge in [0.1, 0.15) is 0 Å². The average Bonchev–Trinajstić information content (AvgIpc) is 2.45. The van der Waals surface area contributed by atoms with Crippen LogP contribution in [0.4, 0.5) is 0 Å². The number of alkyl halides is 1. The van der Waals surface area contributed by atoms with E-state index in [0.29, 0.717) is 5.88 Å². The molecule has 0 bridgehead atoms. The van der Waals surface area contributed by atoms with E-state index in [0.717, 1.165) is 0 Å². The first kappa shape index (κ1) is 9.04. The van der Waals surface area contributed by atoms with E-state index in [1.807, 2.05) is 11.3 Å². The van der Waals surface area contributed by atoms with Crippen LogP contribution in [0.5, 0.6) is 0 Å². The van der Waals surface area contributed by atoms with E-state index in [4.69, 9.17) is 11.6 Å². The maximum atomic E-state index is 5.93. The van der Waals surface area contributed by atoms with Crippen LogP contribution in [0.15, 0.2) is 18.2 Å². The molecule has 0 saturated carbocycles. The quantitative estimate of drug-likeness (QED) is 0.618. The summed E-state index contributed by atoms with van der Waals surface area (Å²) >= 11 is 7.76. The van der Waals surface area contributed by atoms with Crippen LogP contribution in [0.25, 0.3) is 10.1 Å². The number of halogens is 1. The number of rotatable bonds is 1. The number of benzene rings is 1. The van der Waals surface area contributed by atoms with Gasteiger partial charge < -0.3 is 0 Å². The average molecular weight is 211 g/mol. The number of hydrogen-bond acceptors (Lipinski definition) is 1. The standard InChI is InChI=1S/C11H11ClS/c1-7-3-4-11-9(10(7)6-12)5-8(2)13-11/h3-5H,6H2,1-2H3. The highest BCUT2D eigenvalue weighted by atomic mass is 35.5. The van der Waals surface area contributed by atoms with Crippen LogP contribution in [0, 0.1) is 13.8 Å². The highest BCUT2D eigenvalue weighted by Crippen LogP contribution is 2.30. The number of fused-ring (bicyclic) bond motifs is 1. The fourth-order valence-electron chi connectivity index (χ4n) is 1.58. The van der Waals surface area contributed by atoms with Gasteiger partial charge in [0.05, 0.1) is 0 Å². The van der Waals surface area contributed by atoms with Crippen LogP contribution in [-0.4, -0.2) is 0 Å². The molecule has 2 aromatic rings. The second kappa shape index (κ2) is 3.32. The summed E-state index contributed by atoms with van der Waals surface area (Å²) in [4.78, 5) is 1.35. The Hall–Kier alpha value is -0.530. The summed E-state index contributed by atoms with van der Waals surface area (Å²) in [5.41, 5.74) is 2.57. The van der Waals surface area contributed by atoms with Gasteiger partial charge in [0.25, 0.3) is 0 Å². The number of thiophene rings is 1. The molecule has 0 saturated heterocycles. The molecule has 0 aliphatic carbocycles. The van der Waals surface area contributed by atoms with Crippen molar-refractivity contribution in [2.75, 3.05) is 0 Å². The molecule has 0 spiro atoms. The van der Waals surface area contributed by atoms with Crippen molar-refractivity contribution in [1.82, 2.24) is 0 Å². The van der Waals surface area contributed by atoms with Gasteiger partial charge >= 0.3 is 0 Å². The highest BCUT2D eigenvalue weighted by Gasteiger charge is 2.05. The lowest BCUT2D eigenvalue weighted by Gasteiger charge is -2.02. The van der Waals surface area contributed by atoms with E-state index < -0.39 is 0 Å². The zero-order valence-electron chi connectivity index (χ0n) is 7.73. The minimum Gasteiger partial charge on any atom is -0.141 e. The smallest absolute Gasteiger partial charge is 0.0483 e. The molecule has 0 aliphatic heterocycles. The normalized spacial score (nSPS) is 11.0. The lowest BCUT2D eigenvalue weighted by atomic mass is 10.1. The molecule has 0 nitrogen and oxygen atoms in total. The number of aryl methyl sites for hydroxylation is 2. The van der Waals surface area contributed by atoms with E-state index in [1.54, 1.807) is 0 Å². The van der Waals surface area contributed by atoms with Gasteiger partial charge in [-0.2, -0.15) is 0 Å². The first-order valence-electron chi connectivity index (χ1n) is 4.27. The largest absolute Gasteiger partial charge is 0.141 e. The molecule has 0 unspecified atom stereocenters. The lowest BCUT2D eigenvalue weighted by Crippen LogP contribution is -1.83. The van der Waals surface area contributed by atoms with Crippen molar-refractivity contribution in [2.24, 2.45) is 0 Å². The molecular formula is C11H11ClS. The molecule has 0 amide bonds. The van der Waals surface area contributed by atoms with Crippen LogP contribution >= 0.6 is 22.9 Å². The highest BCUT2D eigenvalue weighted by molar-refractivity contribution is 7.19. The third-order valence-electron chi connectivity index (χ3n) is 2.30. The van der Waals surface area contributed by atoms with Crippen LogP contribution in [0.3, 0.4) is 0 Å². The van der Waals surface area contributed by atoms with E-state index >= 15 is 0 Å². The topological polar surface area (TPSA) is 0 Å². The van der Waals surface area contributed by atoms with E-state index in [-0.39, 0.29) is 0 Å². The Bertz CT molecular complexity index is 443. The molecule has 0 N–H and O–H groups in total. The van der Waals surface area contributed by atoms with E-state index in [9.17, 15) is 0 Å². The van der Waals surface area contributed by atoms with Crippen molar-refractivity contribution in [3.8, 4) is 0 Å². The van der Waals surface area contributed by atoms with Crippen molar-refractivity contribution in [3.05, 3.63) is 34.2 Å². The SMILES string of the molecule is Cc1cc2c(CCl)c(C)ccc2s1. The van der Waals surface area contributed by atoms with Crippen LogP contribution in [0.1, 0.15) is 16.0 Å². The van der Waals surface area contributed by atoms with Gasteiger partial charge in [0.15, 0.2) is 0 Å². The Morgan fingerprint density at radius 1 is 1.31 bits per heavy atom. The Morgan fingerprint density at radius 2 is 2.08 bits per heavy atom. The molecule has 2 rings (SSSR count). The molecule has 1 heterocycles. The molecule has 0 radical (unpaired) electrons. The van der Waals surface area contributed by atoms with Gasteiger partial charge in [-0.25, -0.2) is 0 Å². The predicted molar refractivity (Wildman–Crippen MR) is 60.9 cm³/mol. The molecule has 0 aliphatic rings. The zero-order valence-corrected chi connectivity index (χ0v) is 9.30. The van der Waals surface area contributed by atoms with Gasteiger partial charge in [0, 0.05) is 15.5 Å². The van der Waals surface area contributed by atoms with Gasteiger partial charge in [-0.3, -0.25) is 0 Å². The lowest BCUT2D eigenvalue weighted by molar-refractivity contribution is 1.34. The Kier molecular flexibility index (Phi) is 2.31. The fourth-order valence-corrected chi connectivity index (χ4v) is 2.89. The molecule has 2 heteroatoms. The molecular weight excluding hydrogens is 200 g/mol. The first-order chi connectivity index (χ1) is 6.22. The molecule has 1 aromatic carbocycles. The third kappa shape index (κ3) is 1.47. The Morgan fingerprint density at radius 3 is 2.77 bits per heavy atom. The van der Waals surface area contributed by atoms with Crippen molar-refractivity contribution >= 4 is 33.0 Å². The summed E-state index contributed by atoms with van der Waals surface area (Å²) in [7, 11) is 0. The maximum absolute atomic E-state index is 5.93. The summed E-state index contributed by atoms with van der Waals surface area (Å²) in [5.74, 6) is 0.610. The van der Waals surface area contributed by atoms with Crippen LogP contribution in [-0.2, 0) is 5.88 Å². The first-order valence-corrected chi connectivity index (χ1v) is 5.62. The second-order valence-corrected chi connectivity index (χ2v) is 4.82. The zero-order chi connectivity index (χ0) is 9.42. The molecule has 13 heavy (non-hydrogen) atoms. The van der Waals surface area contributed by atoms with Gasteiger partial charge in [0.2, 0.25) is 0 Å². The maximum Gasteiger partial charge on any atom is 0.0483 e. The molecule has 0 fully saturated rings. The van der Waals surface area contributed by atoms with Crippen molar-refractivity contribution in [1.29, 1.82) is 0 Å². The van der Waals surface area contributed by atoms with Crippen LogP contribution < -0.4 is 0 Å². The fraction of sp³-hybridized carbons (Fsp3) is 0.273. The van der Waals surface area contributed by atoms with Gasteiger partial charge in [-0.05, 0) is 42.5 Å². The minimum atomic E-state index is 0.610. The summed E-state index contributed by atoms with van der Waals surface area (Å²) < 4.78 is 1.35. The van der Waals surface area contributed by atoms with E-state index in [2.05, 4.69) is 32.0 Å². The third-order valence-corrected chi connectivity index (χ3v) is 3.59. The van der Waals surface area contributed by atoms with Crippen molar-refractivity contribution < 1.29 is 0 Å². The monoisotopic (exact) mass is 210 g/mol. The predicted octanol–water partition coefficient (Wildman–Crippen LogP) is 4.26.